The Morgan fingerprint density at radius 3 is 1.03 bits per heavy atom. The van der Waals surface area contributed by atoms with Crippen LogP contribution in [0.2, 0.25) is 0 Å². The van der Waals surface area contributed by atoms with E-state index in [1.165, 1.54) is 21.9 Å². The number of fused-ring (bicyclic) bond motifs is 1. The fourth-order valence-electron chi connectivity index (χ4n) is 3.31. The fourth-order valence-corrected chi connectivity index (χ4v) is 3.31. The van der Waals surface area contributed by atoms with Gasteiger partial charge in [0.05, 0.1) is 0 Å². The first-order valence-corrected chi connectivity index (χ1v) is 11.1. The normalized spacial score (nSPS) is 12.8. The summed E-state index contributed by atoms with van der Waals surface area (Å²) in [5, 5.41) is 2.49. The molecular weight excluding hydrogens is 360 g/mol. The standard InChI is InChI=1S/C30H40/c1-27(2,3)15-13-21-17-23-18-22(14-16-28(4,5)6)26(30(10,11)12)20-24(23)19-25(21)29(7,8)9/h17-20H,1-12H3. The highest BCUT2D eigenvalue weighted by Gasteiger charge is 2.22. The molecule has 0 saturated heterocycles. The molecule has 0 spiro atoms. The number of benzene rings is 2. The second kappa shape index (κ2) is 7.82. The van der Waals surface area contributed by atoms with Crippen molar-refractivity contribution in [1.82, 2.24) is 0 Å². The first kappa shape index (κ1) is 24.1. The van der Waals surface area contributed by atoms with Gasteiger partial charge in [-0.2, -0.15) is 0 Å². The summed E-state index contributed by atoms with van der Waals surface area (Å²) in [4.78, 5) is 0. The zero-order valence-electron chi connectivity index (χ0n) is 21.3. The number of rotatable bonds is 0. The predicted molar refractivity (Wildman–Crippen MR) is 134 cm³/mol. The molecule has 0 saturated carbocycles. The monoisotopic (exact) mass is 400 g/mol. The molecule has 30 heavy (non-hydrogen) atoms. The van der Waals surface area contributed by atoms with Crippen molar-refractivity contribution < 1.29 is 0 Å². The van der Waals surface area contributed by atoms with Gasteiger partial charge in [-0.1, -0.05) is 65.2 Å². The zero-order valence-corrected chi connectivity index (χ0v) is 21.3. The third kappa shape index (κ3) is 6.41. The topological polar surface area (TPSA) is 0 Å². The van der Waals surface area contributed by atoms with Gasteiger partial charge in [-0.3, -0.25) is 0 Å². The van der Waals surface area contributed by atoms with E-state index in [9.17, 15) is 0 Å². The summed E-state index contributed by atoms with van der Waals surface area (Å²) in [6.45, 7) is 26.6. The van der Waals surface area contributed by atoms with E-state index in [2.05, 4.69) is 131 Å². The molecule has 0 atom stereocenters. The van der Waals surface area contributed by atoms with Crippen molar-refractivity contribution in [2.24, 2.45) is 10.8 Å². The second-order valence-electron chi connectivity index (χ2n) is 12.6. The molecule has 0 heteroatoms. The maximum Gasteiger partial charge on any atom is 0.0289 e. The summed E-state index contributed by atoms with van der Waals surface area (Å²) in [6.07, 6.45) is 0. The lowest BCUT2D eigenvalue weighted by atomic mass is 9.79. The van der Waals surface area contributed by atoms with Crippen LogP contribution in [-0.2, 0) is 10.8 Å². The van der Waals surface area contributed by atoms with E-state index in [0.29, 0.717) is 0 Å². The van der Waals surface area contributed by atoms with Crippen LogP contribution in [0, 0.1) is 34.5 Å². The Labute approximate surface area is 185 Å². The molecule has 0 bridgehead atoms. The van der Waals surface area contributed by atoms with Crippen molar-refractivity contribution in [1.29, 1.82) is 0 Å². The molecule has 2 aromatic carbocycles. The highest BCUT2D eigenvalue weighted by atomic mass is 14.3. The van der Waals surface area contributed by atoms with Gasteiger partial charge in [0, 0.05) is 22.0 Å². The summed E-state index contributed by atoms with van der Waals surface area (Å²) in [5.74, 6) is 13.8. The number of hydrogen-bond donors (Lipinski definition) is 0. The molecule has 0 fully saturated rings. The molecule has 2 aromatic rings. The van der Waals surface area contributed by atoms with Crippen LogP contribution in [0.1, 0.15) is 105 Å². The lowest BCUT2D eigenvalue weighted by Gasteiger charge is -2.25. The molecule has 160 valence electrons. The van der Waals surface area contributed by atoms with Gasteiger partial charge < -0.3 is 0 Å². The quantitative estimate of drug-likeness (QED) is 0.391. The van der Waals surface area contributed by atoms with E-state index in [1.807, 2.05) is 0 Å². The van der Waals surface area contributed by atoms with Crippen molar-refractivity contribution >= 4 is 10.8 Å². The Morgan fingerprint density at radius 2 is 0.767 bits per heavy atom. The first-order chi connectivity index (χ1) is 13.4. The summed E-state index contributed by atoms with van der Waals surface area (Å²) in [5.41, 5.74) is 4.88. The zero-order chi connectivity index (χ0) is 23.1. The average Bonchev–Trinajstić information content (AvgIpc) is 2.53. The minimum atomic E-state index is -0.0243. The summed E-state index contributed by atoms with van der Waals surface area (Å²) < 4.78 is 0. The van der Waals surface area contributed by atoms with Crippen LogP contribution in [0.5, 0.6) is 0 Å². The molecule has 0 radical (unpaired) electrons. The molecule has 0 aliphatic carbocycles. The molecule has 0 heterocycles. The number of hydrogen-bond acceptors (Lipinski definition) is 0. The van der Waals surface area contributed by atoms with Gasteiger partial charge in [-0.05, 0) is 98.5 Å². The Morgan fingerprint density at radius 1 is 0.467 bits per heavy atom. The minimum Gasteiger partial charge on any atom is -0.0919 e. The Kier molecular flexibility index (Phi) is 6.28. The van der Waals surface area contributed by atoms with Gasteiger partial charge in [0.1, 0.15) is 0 Å². The molecular formula is C30H40. The second-order valence-corrected chi connectivity index (χ2v) is 12.6. The summed E-state index contributed by atoms with van der Waals surface area (Å²) >= 11 is 0. The Bertz CT molecular complexity index is 973. The van der Waals surface area contributed by atoms with Crippen LogP contribution in [0.15, 0.2) is 24.3 Å². The molecule has 2 rings (SSSR count). The van der Waals surface area contributed by atoms with Crippen molar-refractivity contribution in [3.05, 3.63) is 46.5 Å². The molecule has 0 N–H and O–H groups in total. The molecule has 0 aromatic heterocycles. The molecule has 0 nitrogen and oxygen atoms in total. The van der Waals surface area contributed by atoms with E-state index in [4.69, 9.17) is 0 Å². The lowest BCUT2D eigenvalue weighted by molar-refractivity contribution is 0.570. The van der Waals surface area contributed by atoms with Gasteiger partial charge in [0.2, 0.25) is 0 Å². The smallest absolute Gasteiger partial charge is 0.0289 e. The van der Waals surface area contributed by atoms with Gasteiger partial charge in [0.15, 0.2) is 0 Å². The van der Waals surface area contributed by atoms with Gasteiger partial charge in [0.25, 0.3) is 0 Å². The highest BCUT2D eigenvalue weighted by molar-refractivity contribution is 5.88. The van der Waals surface area contributed by atoms with Crippen LogP contribution in [0.4, 0.5) is 0 Å². The third-order valence-corrected chi connectivity index (χ3v) is 4.87. The summed E-state index contributed by atoms with van der Waals surface area (Å²) in [7, 11) is 0. The molecule has 0 aliphatic heterocycles. The van der Waals surface area contributed by atoms with Crippen LogP contribution < -0.4 is 0 Å². The largest absolute Gasteiger partial charge is 0.0919 e. The summed E-state index contributed by atoms with van der Waals surface area (Å²) in [6, 6.07) is 9.23. The van der Waals surface area contributed by atoms with Gasteiger partial charge in [-0.15, -0.1) is 0 Å². The minimum absolute atomic E-state index is 0.0243. The van der Waals surface area contributed by atoms with E-state index >= 15 is 0 Å². The van der Waals surface area contributed by atoms with Crippen LogP contribution in [0.25, 0.3) is 10.8 Å². The highest BCUT2D eigenvalue weighted by Crippen LogP contribution is 2.34. The maximum atomic E-state index is 3.49. The van der Waals surface area contributed by atoms with Crippen molar-refractivity contribution in [2.45, 2.75) is 93.9 Å². The van der Waals surface area contributed by atoms with Crippen molar-refractivity contribution in [3.63, 3.8) is 0 Å². The predicted octanol–water partition coefficient (Wildman–Crippen LogP) is 8.23. The SMILES string of the molecule is CC(C)(C)C#Cc1cc2cc(C#CC(C)(C)C)c(C(C)(C)C)cc2cc1C(C)(C)C. The van der Waals surface area contributed by atoms with Crippen molar-refractivity contribution in [2.75, 3.05) is 0 Å². The van der Waals surface area contributed by atoms with E-state index in [1.54, 1.807) is 0 Å². The van der Waals surface area contributed by atoms with E-state index in [-0.39, 0.29) is 21.7 Å². The Hall–Kier alpha value is -2.18. The van der Waals surface area contributed by atoms with Gasteiger partial charge >= 0.3 is 0 Å². The van der Waals surface area contributed by atoms with E-state index in [0.717, 1.165) is 11.1 Å². The van der Waals surface area contributed by atoms with Gasteiger partial charge in [-0.25, -0.2) is 0 Å². The van der Waals surface area contributed by atoms with Crippen LogP contribution in [-0.4, -0.2) is 0 Å². The van der Waals surface area contributed by atoms with Crippen molar-refractivity contribution in [3.8, 4) is 23.7 Å². The third-order valence-electron chi connectivity index (χ3n) is 4.87. The Balaban J connectivity index is 2.88. The molecule has 0 unspecified atom stereocenters. The van der Waals surface area contributed by atoms with Crippen LogP contribution >= 0.6 is 0 Å². The van der Waals surface area contributed by atoms with Crippen LogP contribution in [0.3, 0.4) is 0 Å². The lowest BCUT2D eigenvalue weighted by Crippen LogP contribution is -2.15. The first-order valence-electron chi connectivity index (χ1n) is 11.1. The van der Waals surface area contributed by atoms with E-state index < -0.39 is 0 Å². The maximum absolute atomic E-state index is 3.49. The molecule has 0 amide bonds. The average molecular weight is 401 g/mol. The fraction of sp³-hybridized carbons (Fsp3) is 0.533. The molecule has 0 aliphatic rings.